The van der Waals surface area contributed by atoms with Crippen molar-refractivity contribution in [2.75, 3.05) is 15.8 Å². The molecule has 1 unspecified atom stereocenters. The van der Waals surface area contributed by atoms with Crippen LogP contribution in [0.5, 0.6) is 0 Å². The highest BCUT2D eigenvalue weighted by Gasteiger charge is 2.26. The third-order valence-electron chi connectivity index (χ3n) is 5.17. The maximum Gasteiger partial charge on any atom is 0.264 e. The van der Waals surface area contributed by atoms with Crippen molar-refractivity contribution in [3.05, 3.63) is 59.4 Å². The summed E-state index contributed by atoms with van der Waals surface area (Å²) in [6, 6.07) is 11.3. The van der Waals surface area contributed by atoms with Crippen LogP contribution in [0.4, 0.5) is 17.5 Å². The highest BCUT2D eigenvalue weighted by atomic mass is 32.2. The van der Waals surface area contributed by atoms with Crippen molar-refractivity contribution in [1.29, 1.82) is 10.5 Å². The Morgan fingerprint density at radius 3 is 2.27 bits per heavy atom. The lowest BCUT2D eigenvalue weighted by Gasteiger charge is -2.18. The molecule has 4 N–H and O–H groups in total. The molecule has 0 bridgehead atoms. The van der Waals surface area contributed by atoms with Crippen LogP contribution in [0.1, 0.15) is 49.8 Å². The van der Waals surface area contributed by atoms with E-state index in [9.17, 15) is 23.7 Å². The first-order chi connectivity index (χ1) is 17.6. The molecular weight excluding hydrogens is 512 g/mol. The van der Waals surface area contributed by atoms with E-state index >= 15 is 0 Å². The van der Waals surface area contributed by atoms with Crippen LogP contribution < -0.4 is 15.8 Å². The van der Waals surface area contributed by atoms with Crippen molar-refractivity contribution in [3.63, 3.8) is 0 Å². The van der Waals surface area contributed by atoms with Gasteiger partial charge in [0, 0.05) is 18.1 Å². The molecule has 11 nitrogen and oxygen atoms in total. The lowest BCUT2D eigenvalue weighted by Crippen LogP contribution is -2.25. The first-order valence-corrected chi connectivity index (χ1v) is 13.5. The Morgan fingerprint density at radius 2 is 1.73 bits per heavy atom. The van der Waals surface area contributed by atoms with Crippen molar-refractivity contribution in [2.45, 2.75) is 48.3 Å². The van der Waals surface area contributed by atoms with Gasteiger partial charge in [0.2, 0.25) is 11.9 Å². The smallest absolute Gasteiger partial charge is 0.264 e. The van der Waals surface area contributed by atoms with Crippen LogP contribution in [0, 0.1) is 22.7 Å². The van der Waals surface area contributed by atoms with Crippen molar-refractivity contribution < 1.29 is 13.2 Å². The van der Waals surface area contributed by atoms with Crippen LogP contribution in [0.3, 0.4) is 0 Å². The number of amides is 1. The molecule has 2 heterocycles. The minimum atomic E-state index is -3.91. The van der Waals surface area contributed by atoms with Gasteiger partial charge in [0.25, 0.3) is 10.0 Å². The molecule has 0 aliphatic rings. The largest absolute Gasteiger partial charge is 0.383 e. The molecule has 13 heteroatoms. The predicted octanol–water partition coefficient (Wildman–Crippen LogP) is 3.63. The van der Waals surface area contributed by atoms with Crippen LogP contribution in [0.25, 0.3) is 0 Å². The van der Waals surface area contributed by atoms with Crippen molar-refractivity contribution in [2.24, 2.45) is 0 Å². The van der Waals surface area contributed by atoms with Gasteiger partial charge in [-0.1, -0.05) is 32.5 Å². The second-order valence-electron chi connectivity index (χ2n) is 8.05. The minimum absolute atomic E-state index is 0.00858. The number of benzene rings is 1. The summed E-state index contributed by atoms with van der Waals surface area (Å²) in [7, 11) is -3.91. The number of pyridine rings is 1. The normalized spacial score (nSPS) is 11.8. The molecule has 0 spiro atoms. The van der Waals surface area contributed by atoms with E-state index in [0.29, 0.717) is 17.7 Å². The average Bonchev–Trinajstić information content (AvgIpc) is 2.87. The molecule has 1 atom stereocenters. The lowest BCUT2D eigenvalue weighted by molar-refractivity contribution is -0.115. The van der Waals surface area contributed by atoms with Gasteiger partial charge in [-0.15, -0.1) is 0 Å². The molecule has 1 amide bonds. The molecule has 0 aliphatic carbocycles. The Hall–Kier alpha value is -4.20. The Morgan fingerprint density at radius 1 is 1.11 bits per heavy atom. The number of nitrogen functional groups attached to an aromatic ring is 1. The summed E-state index contributed by atoms with van der Waals surface area (Å²) >= 11 is 1.09. The number of sulfonamides is 1. The van der Waals surface area contributed by atoms with E-state index in [-0.39, 0.29) is 44.6 Å². The number of carbonyl (C=O) groups excluding carboxylic acids is 1. The van der Waals surface area contributed by atoms with Crippen LogP contribution >= 0.6 is 11.8 Å². The number of nitriles is 2. The molecule has 3 rings (SSSR count). The van der Waals surface area contributed by atoms with Crippen molar-refractivity contribution in [1.82, 2.24) is 15.0 Å². The lowest BCUT2D eigenvalue weighted by atomic mass is 9.94. The van der Waals surface area contributed by atoms with E-state index in [1.807, 2.05) is 26.8 Å². The fourth-order valence-corrected chi connectivity index (χ4v) is 5.40. The number of thioether (sulfide) groups is 1. The number of rotatable bonds is 9. The molecule has 0 saturated heterocycles. The van der Waals surface area contributed by atoms with Gasteiger partial charge in [-0.05, 0) is 48.2 Å². The molecule has 37 heavy (non-hydrogen) atoms. The Bertz CT molecular complexity index is 1480. The van der Waals surface area contributed by atoms with Gasteiger partial charge in [-0.3, -0.25) is 4.79 Å². The molecule has 190 valence electrons. The van der Waals surface area contributed by atoms with Gasteiger partial charge in [0.1, 0.15) is 23.0 Å². The standard InChI is InChI=1S/C24H24N8O3S2/c1-4-19(36-23-18(13-26)20(14(2)3)17(12-25)21(27)31-23)22(33)30-15-6-8-16(9-7-15)37(34,35)32-24-28-10-5-11-29-24/h5-11,14,19H,4H2,1-3H3,(H2,27,31)(H,30,33)(H,28,29,32). The molecule has 0 aliphatic heterocycles. The molecule has 0 fully saturated rings. The Balaban J connectivity index is 1.79. The van der Waals surface area contributed by atoms with Gasteiger partial charge in [0.15, 0.2) is 0 Å². The zero-order valence-electron chi connectivity index (χ0n) is 20.3. The molecule has 0 saturated carbocycles. The second-order valence-corrected chi connectivity index (χ2v) is 10.9. The van der Waals surface area contributed by atoms with Crippen molar-refractivity contribution >= 4 is 45.1 Å². The van der Waals surface area contributed by atoms with E-state index in [4.69, 9.17) is 5.73 Å². The summed E-state index contributed by atoms with van der Waals surface area (Å²) in [5, 5.41) is 21.7. The highest BCUT2D eigenvalue weighted by Crippen LogP contribution is 2.35. The zero-order valence-corrected chi connectivity index (χ0v) is 21.9. The number of nitrogens with two attached hydrogens (primary N) is 1. The summed E-state index contributed by atoms with van der Waals surface area (Å²) in [5.74, 6) is -0.564. The number of hydrogen-bond donors (Lipinski definition) is 3. The summed E-state index contributed by atoms with van der Waals surface area (Å²) in [6.45, 7) is 5.51. The van der Waals surface area contributed by atoms with E-state index < -0.39 is 15.3 Å². The van der Waals surface area contributed by atoms with Crippen LogP contribution in [-0.2, 0) is 14.8 Å². The summed E-state index contributed by atoms with van der Waals surface area (Å²) in [5.41, 5.74) is 7.26. The molecule has 3 aromatic rings. The number of nitrogens with one attached hydrogen (secondary N) is 2. The quantitative estimate of drug-likeness (QED) is 0.341. The SMILES string of the molecule is CCC(Sc1nc(N)c(C#N)c(C(C)C)c1C#N)C(=O)Nc1ccc(S(=O)(=O)Nc2ncccn2)cc1. The maximum atomic E-state index is 13.0. The summed E-state index contributed by atoms with van der Waals surface area (Å²) in [6.07, 6.45) is 3.24. The number of carbonyl (C=O) groups is 1. The first kappa shape index (κ1) is 27.4. The topological polar surface area (TPSA) is 188 Å². The molecule has 0 radical (unpaired) electrons. The fourth-order valence-electron chi connectivity index (χ4n) is 3.42. The van der Waals surface area contributed by atoms with E-state index in [1.54, 1.807) is 6.07 Å². The van der Waals surface area contributed by atoms with Gasteiger partial charge < -0.3 is 11.1 Å². The number of anilines is 3. The number of aromatic nitrogens is 3. The molecule has 2 aromatic heterocycles. The third kappa shape index (κ3) is 6.33. The Kier molecular flexibility index (Phi) is 8.65. The van der Waals surface area contributed by atoms with Gasteiger partial charge in [-0.2, -0.15) is 10.5 Å². The molecule has 1 aromatic carbocycles. The third-order valence-corrected chi connectivity index (χ3v) is 7.87. The van der Waals surface area contributed by atoms with Gasteiger partial charge >= 0.3 is 0 Å². The first-order valence-electron chi connectivity index (χ1n) is 11.1. The second kappa shape index (κ2) is 11.7. The van der Waals surface area contributed by atoms with Crippen LogP contribution in [-0.4, -0.2) is 34.5 Å². The van der Waals surface area contributed by atoms with E-state index in [2.05, 4.69) is 31.1 Å². The monoisotopic (exact) mass is 536 g/mol. The van der Waals surface area contributed by atoms with E-state index in [0.717, 1.165) is 11.8 Å². The minimum Gasteiger partial charge on any atom is -0.383 e. The number of nitrogens with zero attached hydrogens (tertiary/aromatic N) is 5. The average molecular weight is 537 g/mol. The van der Waals surface area contributed by atoms with Crippen molar-refractivity contribution in [3.8, 4) is 12.1 Å². The Labute approximate surface area is 219 Å². The fraction of sp³-hybridized carbons (Fsp3) is 0.250. The van der Waals surface area contributed by atoms with Crippen LogP contribution in [0.2, 0.25) is 0 Å². The predicted molar refractivity (Wildman–Crippen MR) is 140 cm³/mol. The van der Waals surface area contributed by atoms with Gasteiger partial charge in [0.05, 0.1) is 21.3 Å². The van der Waals surface area contributed by atoms with Crippen LogP contribution in [0.15, 0.2) is 52.6 Å². The summed E-state index contributed by atoms with van der Waals surface area (Å²) in [4.78, 5) is 24.9. The van der Waals surface area contributed by atoms with Gasteiger partial charge in [-0.25, -0.2) is 28.1 Å². The highest BCUT2D eigenvalue weighted by molar-refractivity contribution is 8.00. The zero-order chi connectivity index (χ0) is 27.2. The van der Waals surface area contributed by atoms with E-state index in [1.165, 1.54) is 36.7 Å². The number of hydrogen-bond acceptors (Lipinski definition) is 10. The summed E-state index contributed by atoms with van der Waals surface area (Å²) < 4.78 is 27.4. The molecular formula is C24H24N8O3S2. The maximum absolute atomic E-state index is 13.0.